The minimum absolute atomic E-state index is 0.0954. The fraction of sp³-hybridized carbons (Fsp3) is 0.182. The number of hydrogen-bond donors (Lipinski definition) is 4. The second-order valence-corrected chi connectivity index (χ2v) is 7.07. The summed E-state index contributed by atoms with van der Waals surface area (Å²) in [6, 6.07) is 15.5. The summed E-state index contributed by atoms with van der Waals surface area (Å²) in [6.45, 7) is -0.693. The molecule has 1 aromatic heterocycles. The molecule has 1 heterocycles. The van der Waals surface area contributed by atoms with Crippen LogP contribution in [0.25, 0.3) is 11.1 Å². The Labute approximate surface area is 181 Å². The number of nitrogens with one attached hydrogen (secondary N) is 2. The molecule has 2 aromatic carbocycles. The van der Waals surface area contributed by atoms with Crippen LogP contribution < -0.4 is 10.6 Å². The first-order chi connectivity index (χ1) is 15.5. The van der Waals surface area contributed by atoms with E-state index in [0.717, 1.165) is 28.3 Å². The summed E-state index contributed by atoms with van der Waals surface area (Å²) in [4.78, 5) is 35.1. The van der Waals surface area contributed by atoms with E-state index >= 15 is 0 Å². The van der Waals surface area contributed by atoms with Crippen molar-refractivity contribution in [2.75, 3.05) is 18.5 Å². The van der Waals surface area contributed by atoms with Crippen molar-refractivity contribution in [3.8, 4) is 11.1 Å². The fourth-order valence-corrected chi connectivity index (χ4v) is 3.59. The fourth-order valence-electron chi connectivity index (χ4n) is 3.59. The zero-order valence-corrected chi connectivity index (χ0v) is 16.6. The lowest BCUT2D eigenvalue weighted by Crippen LogP contribution is -2.43. The molecule has 1 atom stereocenters. The van der Waals surface area contributed by atoms with Gasteiger partial charge >= 0.3 is 12.1 Å². The molecule has 4 rings (SSSR count). The van der Waals surface area contributed by atoms with Crippen molar-refractivity contribution in [3.63, 3.8) is 0 Å². The van der Waals surface area contributed by atoms with E-state index in [-0.39, 0.29) is 24.1 Å². The second-order valence-electron chi connectivity index (χ2n) is 7.07. The molecule has 10 heteroatoms. The Balaban J connectivity index is 1.37. The van der Waals surface area contributed by atoms with Gasteiger partial charge in [0, 0.05) is 12.0 Å². The number of aliphatic hydroxyl groups excluding tert-OH is 1. The van der Waals surface area contributed by atoms with Gasteiger partial charge in [-0.3, -0.25) is 10.1 Å². The first-order valence-corrected chi connectivity index (χ1v) is 9.71. The first kappa shape index (κ1) is 21.1. The maximum Gasteiger partial charge on any atom is 0.414 e. The van der Waals surface area contributed by atoms with Crippen LogP contribution in [0, 0.1) is 0 Å². The third-order valence-electron chi connectivity index (χ3n) is 5.10. The molecule has 1 aliphatic rings. The van der Waals surface area contributed by atoms with Crippen LogP contribution in [0.1, 0.15) is 27.5 Å². The summed E-state index contributed by atoms with van der Waals surface area (Å²) >= 11 is 0. The highest BCUT2D eigenvalue weighted by atomic mass is 16.6. The number of benzene rings is 2. The molecular formula is C22H19N3O7. The molecular weight excluding hydrogens is 418 g/mol. The summed E-state index contributed by atoms with van der Waals surface area (Å²) in [6.07, 6.45) is -0.797. The molecule has 0 saturated carbocycles. The quantitative estimate of drug-likeness (QED) is 0.439. The van der Waals surface area contributed by atoms with Gasteiger partial charge in [-0.2, -0.15) is 0 Å². The van der Waals surface area contributed by atoms with Gasteiger partial charge in [0.25, 0.3) is 5.91 Å². The Morgan fingerprint density at radius 3 is 2.28 bits per heavy atom. The molecule has 4 N–H and O–H groups in total. The number of aliphatic hydroxyl groups is 1. The molecule has 0 bridgehead atoms. The number of rotatable bonds is 7. The first-order valence-electron chi connectivity index (χ1n) is 9.71. The Hall–Kier alpha value is -4.18. The molecule has 32 heavy (non-hydrogen) atoms. The van der Waals surface area contributed by atoms with Crippen LogP contribution in [0.2, 0.25) is 0 Å². The van der Waals surface area contributed by atoms with Crippen LogP contribution in [0.3, 0.4) is 0 Å². The molecule has 0 fully saturated rings. The molecule has 3 aromatic rings. The summed E-state index contributed by atoms with van der Waals surface area (Å²) in [5.41, 5.74) is 4.07. The Morgan fingerprint density at radius 1 is 1.06 bits per heavy atom. The summed E-state index contributed by atoms with van der Waals surface area (Å²) < 4.78 is 10.3. The molecule has 1 aliphatic carbocycles. The lowest BCUT2D eigenvalue weighted by Gasteiger charge is -2.13. The van der Waals surface area contributed by atoms with E-state index in [1.54, 1.807) is 0 Å². The van der Waals surface area contributed by atoms with E-state index in [4.69, 9.17) is 19.5 Å². The normalized spacial score (nSPS) is 13.0. The number of hydrogen-bond acceptors (Lipinski definition) is 7. The molecule has 1 unspecified atom stereocenters. The van der Waals surface area contributed by atoms with Gasteiger partial charge in [0.2, 0.25) is 5.88 Å². The predicted octanol–water partition coefficient (Wildman–Crippen LogP) is 2.21. The Kier molecular flexibility index (Phi) is 5.86. The van der Waals surface area contributed by atoms with Gasteiger partial charge in [0.1, 0.15) is 6.61 Å². The topological polar surface area (TPSA) is 151 Å². The summed E-state index contributed by atoms with van der Waals surface area (Å²) in [5, 5.41) is 25.7. The maximum atomic E-state index is 12.3. The molecule has 10 nitrogen and oxygen atoms in total. The Bertz CT molecular complexity index is 1130. The minimum atomic E-state index is -1.49. The standard InChI is InChI=1S/C22H19N3O7/c26-10-18(21(28)29)23-20(27)17-9-19(32-25-17)24-22(30)31-11-16-14-7-3-1-5-12(14)13-6-2-4-8-15(13)16/h1-9,16,18,26H,10-11H2,(H,23,27)(H,24,30)(H,28,29). The molecule has 0 spiro atoms. The van der Waals surface area contributed by atoms with E-state index in [2.05, 4.69) is 15.8 Å². The van der Waals surface area contributed by atoms with E-state index < -0.39 is 30.6 Å². The molecule has 0 radical (unpaired) electrons. The van der Waals surface area contributed by atoms with E-state index in [1.807, 2.05) is 48.5 Å². The zero-order chi connectivity index (χ0) is 22.7. The lowest BCUT2D eigenvalue weighted by atomic mass is 9.98. The number of carbonyl (C=O) groups is 3. The van der Waals surface area contributed by atoms with Crippen molar-refractivity contribution < 1.29 is 33.9 Å². The van der Waals surface area contributed by atoms with Crippen LogP contribution in [0.15, 0.2) is 59.1 Å². The van der Waals surface area contributed by atoms with Crippen molar-refractivity contribution in [2.45, 2.75) is 12.0 Å². The third-order valence-corrected chi connectivity index (χ3v) is 5.10. The van der Waals surface area contributed by atoms with Gasteiger partial charge < -0.3 is 24.8 Å². The van der Waals surface area contributed by atoms with Crippen molar-refractivity contribution in [2.24, 2.45) is 0 Å². The zero-order valence-electron chi connectivity index (χ0n) is 16.6. The van der Waals surface area contributed by atoms with Crippen LogP contribution in [-0.4, -0.2) is 52.6 Å². The van der Waals surface area contributed by atoms with Gasteiger partial charge in [-0.15, -0.1) is 0 Å². The van der Waals surface area contributed by atoms with Gasteiger partial charge in [-0.25, -0.2) is 9.59 Å². The number of carbonyl (C=O) groups excluding carboxylic acids is 2. The smallest absolute Gasteiger partial charge is 0.414 e. The van der Waals surface area contributed by atoms with Gasteiger partial charge in [-0.1, -0.05) is 53.7 Å². The minimum Gasteiger partial charge on any atom is -0.480 e. The molecule has 0 aliphatic heterocycles. The van der Waals surface area contributed by atoms with E-state index in [1.165, 1.54) is 0 Å². The van der Waals surface area contributed by atoms with E-state index in [0.29, 0.717) is 0 Å². The average Bonchev–Trinajstić information content (AvgIpc) is 3.38. The SMILES string of the molecule is O=C(Nc1cc(C(=O)NC(CO)C(=O)O)no1)OCC1c2ccccc2-c2ccccc21. The lowest BCUT2D eigenvalue weighted by molar-refractivity contribution is -0.140. The maximum absolute atomic E-state index is 12.3. The number of fused-ring (bicyclic) bond motifs is 3. The van der Waals surface area contributed by atoms with Crippen molar-refractivity contribution in [1.82, 2.24) is 10.5 Å². The number of aromatic nitrogens is 1. The average molecular weight is 437 g/mol. The Morgan fingerprint density at radius 2 is 1.69 bits per heavy atom. The number of ether oxygens (including phenoxy) is 1. The van der Waals surface area contributed by atoms with E-state index in [9.17, 15) is 14.4 Å². The molecule has 164 valence electrons. The highest BCUT2D eigenvalue weighted by Crippen LogP contribution is 2.44. The monoisotopic (exact) mass is 437 g/mol. The van der Waals surface area contributed by atoms with Crippen molar-refractivity contribution in [3.05, 3.63) is 71.4 Å². The van der Waals surface area contributed by atoms with Crippen LogP contribution in [-0.2, 0) is 9.53 Å². The number of carboxylic acid groups (broad SMARTS) is 1. The highest BCUT2D eigenvalue weighted by Gasteiger charge is 2.29. The van der Waals surface area contributed by atoms with Crippen molar-refractivity contribution in [1.29, 1.82) is 0 Å². The largest absolute Gasteiger partial charge is 0.480 e. The predicted molar refractivity (Wildman–Crippen MR) is 111 cm³/mol. The number of nitrogens with zero attached hydrogens (tertiary/aromatic N) is 1. The summed E-state index contributed by atoms with van der Waals surface area (Å²) in [7, 11) is 0. The number of anilines is 1. The van der Waals surface area contributed by atoms with Gasteiger partial charge in [0.05, 0.1) is 6.61 Å². The van der Waals surface area contributed by atoms with Gasteiger partial charge in [0.15, 0.2) is 11.7 Å². The number of aliphatic carboxylic acids is 1. The second kappa shape index (κ2) is 8.90. The highest BCUT2D eigenvalue weighted by molar-refractivity contribution is 5.96. The number of amides is 2. The van der Waals surface area contributed by atoms with Crippen molar-refractivity contribution >= 4 is 23.9 Å². The third kappa shape index (κ3) is 4.16. The van der Waals surface area contributed by atoms with Crippen LogP contribution in [0.4, 0.5) is 10.7 Å². The van der Waals surface area contributed by atoms with Crippen LogP contribution >= 0.6 is 0 Å². The number of carboxylic acids is 1. The summed E-state index contributed by atoms with van der Waals surface area (Å²) in [5.74, 6) is -2.55. The molecule has 2 amide bonds. The molecule has 0 saturated heterocycles. The van der Waals surface area contributed by atoms with Gasteiger partial charge in [-0.05, 0) is 22.3 Å². The van der Waals surface area contributed by atoms with Crippen LogP contribution in [0.5, 0.6) is 0 Å².